The molecule has 0 aliphatic rings. The van der Waals surface area contributed by atoms with Crippen LogP contribution in [0.3, 0.4) is 0 Å². The fraction of sp³-hybridized carbons (Fsp3) is 1.00. The minimum atomic E-state index is -1.56. The van der Waals surface area contributed by atoms with E-state index in [1.165, 1.54) is 0 Å². The van der Waals surface area contributed by atoms with Crippen molar-refractivity contribution in [3.63, 3.8) is 0 Å². The molecule has 0 aliphatic heterocycles. The first-order chi connectivity index (χ1) is 3.42. The van der Waals surface area contributed by atoms with Crippen molar-refractivity contribution in [3.8, 4) is 0 Å². The van der Waals surface area contributed by atoms with E-state index >= 15 is 0 Å². The van der Waals surface area contributed by atoms with Crippen molar-refractivity contribution >= 4 is 34.8 Å². The molecule has 0 aromatic rings. The Morgan fingerprint density at radius 3 is 1.62 bits per heavy atom. The van der Waals surface area contributed by atoms with E-state index in [1.54, 1.807) is 0 Å². The molecule has 0 saturated carbocycles. The Kier molecular flexibility index (Phi) is 3.39. The summed E-state index contributed by atoms with van der Waals surface area (Å²) in [7, 11) is 0. The lowest BCUT2D eigenvalue weighted by Crippen LogP contribution is -2.14. The Morgan fingerprint density at radius 2 is 1.62 bits per heavy atom. The highest BCUT2D eigenvalue weighted by Crippen LogP contribution is 2.30. The molecule has 0 heterocycles. The summed E-state index contributed by atoms with van der Waals surface area (Å²) < 4.78 is -1.56. The van der Waals surface area contributed by atoms with Gasteiger partial charge in [0.2, 0.25) is 0 Å². The van der Waals surface area contributed by atoms with Gasteiger partial charge in [0.05, 0.1) is 0 Å². The maximum Gasteiger partial charge on any atom is 0.195 e. The average Bonchev–Trinajstić information content (AvgIpc) is 1.21. The molecule has 0 bridgehead atoms. The number of alkyl halides is 3. The molecule has 5 heteroatoms. The highest BCUT2D eigenvalue weighted by molar-refractivity contribution is 6.67. The van der Waals surface area contributed by atoms with E-state index in [0.29, 0.717) is 0 Å². The zero-order valence-corrected chi connectivity index (χ0v) is 6.08. The van der Waals surface area contributed by atoms with Crippen molar-refractivity contribution in [1.82, 2.24) is 0 Å². The van der Waals surface area contributed by atoms with Gasteiger partial charge >= 0.3 is 0 Å². The molecule has 2 nitrogen and oxygen atoms in total. The molecule has 0 aromatic heterocycles. The van der Waals surface area contributed by atoms with Crippen LogP contribution in [0.1, 0.15) is 6.42 Å². The zero-order valence-electron chi connectivity index (χ0n) is 3.81. The van der Waals surface area contributed by atoms with E-state index in [4.69, 9.17) is 45.0 Å². The molecular weight excluding hydrogens is 174 g/mol. The van der Waals surface area contributed by atoms with Crippen LogP contribution in [-0.2, 0) is 0 Å². The van der Waals surface area contributed by atoms with Crippen LogP contribution in [0.4, 0.5) is 0 Å². The summed E-state index contributed by atoms with van der Waals surface area (Å²) in [4.78, 5) is 0. The number of halogens is 3. The number of rotatable bonds is 1. The smallest absolute Gasteiger partial charge is 0.195 e. The summed E-state index contributed by atoms with van der Waals surface area (Å²) in [5, 5.41) is 16.4. The summed E-state index contributed by atoms with van der Waals surface area (Å²) in [6, 6.07) is 0. The van der Waals surface area contributed by atoms with Crippen molar-refractivity contribution in [2.45, 2.75) is 16.5 Å². The third kappa shape index (κ3) is 6.79. The Balaban J connectivity index is 3.39. The molecule has 0 aromatic carbocycles. The summed E-state index contributed by atoms with van der Waals surface area (Å²) >= 11 is 15.4. The van der Waals surface area contributed by atoms with Crippen LogP contribution < -0.4 is 0 Å². The Labute approximate surface area is 62.0 Å². The quantitative estimate of drug-likeness (QED) is 0.467. The Morgan fingerprint density at radius 1 is 1.25 bits per heavy atom. The van der Waals surface area contributed by atoms with Gasteiger partial charge in [-0.2, -0.15) is 0 Å². The average molecular weight is 179 g/mol. The maximum atomic E-state index is 8.19. The molecule has 0 rings (SSSR count). The van der Waals surface area contributed by atoms with E-state index < -0.39 is 10.1 Å². The lowest BCUT2D eigenvalue weighted by Gasteiger charge is -2.10. The SMILES string of the molecule is OC(O)CC(Cl)(Cl)Cl. The number of hydrogen-bond acceptors (Lipinski definition) is 2. The summed E-state index contributed by atoms with van der Waals surface area (Å²) in [5.74, 6) is 0. The predicted molar refractivity (Wildman–Crippen MR) is 33.1 cm³/mol. The molecule has 0 unspecified atom stereocenters. The second kappa shape index (κ2) is 3.08. The molecule has 0 aliphatic carbocycles. The molecule has 8 heavy (non-hydrogen) atoms. The van der Waals surface area contributed by atoms with E-state index in [1.807, 2.05) is 0 Å². The van der Waals surface area contributed by atoms with Crippen LogP contribution >= 0.6 is 34.8 Å². The van der Waals surface area contributed by atoms with Crippen LogP contribution in [0.2, 0.25) is 0 Å². The third-order valence-electron chi connectivity index (χ3n) is 0.414. The number of aliphatic hydroxyl groups excluding tert-OH is 1. The summed E-state index contributed by atoms with van der Waals surface area (Å²) in [6.45, 7) is 0. The van der Waals surface area contributed by atoms with Gasteiger partial charge in [-0.05, 0) is 0 Å². The van der Waals surface area contributed by atoms with Gasteiger partial charge in [-0.3, -0.25) is 0 Å². The van der Waals surface area contributed by atoms with E-state index in [-0.39, 0.29) is 6.42 Å². The first kappa shape index (κ1) is 8.79. The van der Waals surface area contributed by atoms with Crippen LogP contribution in [0.5, 0.6) is 0 Å². The highest BCUT2D eigenvalue weighted by Gasteiger charge is 2.22. The number of aliphatic hydroxyl groups is 2. The lowest BCUT2D eigenvalue weighted by molar-refractivity contribution is -0.0440. The second-order valence-electron chi connectivity index (χ2n) is 1.30. The van der Waals surface area contributed by atoms with Crippen molar-refractivity contribution in [1.29, 1.82) is 0 Å². The first-order valence-electron chi connectivity index (χ1n) is 1.85. The number of hydrogen-bond donors (Lipinski definition) is 2. The van der Waals surface area contributed by atoms with Crippen molar-refractivity contribution in [3.05, 3.63) is 0 Å². The second-order valence-corrected chi connectivity index (χ2v) is 3.82. The molecule has 0 fully saturated rings. The van der Waals surface area contributed by atoms with E-state index in [0.717, 1.165) is 0 Å². The fourth-order valence-corrected chi connectivity index (χ4v) is 0.621. The topological polar surface area (TPSA) is 40.5 Å². The molecule has 0 radical (unpaired) electrons. The zero-order chi connectivity index (χ0) is 6.78. The van der Waals surface area contributed by atoms with Gasteiger partial charge in [0.25, 0.3) is 0 Å². The molecule has 0 amide bonds. The monoisotopic (exact) mass is 178 g/mol. The largest absolute Gasteiger partial charge is 0.368 e. The maximum absolute atomic E-state index is 8.19. The van der Waals surface area contributed by atoms with Gasteiger partial charge in [0.15, 0.2) is 10.1 Å². The highest BCUT2D eigenvalue weighted by atomic mass is 35.6. The normalized spacial score (nSPS) is 12.8. The van der Waals surface area contributed by atoms with Crippen molar-refractivity contribution in [2.75, 3.05) is 0 Å². The fourth-order valence-electron chi connectivity index (χ4n) is 0.207. The van der Waals surface area contributed by atoms with Gasteiger partial charge < -0.3 is 10.2 Å². The van der Waals surface area contributed by atoms with Gasteiger partial charge in [0, 0.05) is 6.42 Å². The minimum absolute atomic E-state index is 0.266. The molecule has 50 valence electrons. The summed E-state index contributed by atoms with van der Waals surface area (Å²) in [5.41, 5.74) is 0. The van der Waals surface area contributed by atoms with Crippen LogP contribution in [0, 0.1) is 0 Å². The van der Waals surface area contributed by atoms with Gasteiger partial charge in [-0.25, -0.2) is 0 Å². The summed E-state index contributed by atoms with van der Waals surface area (Å²) in [6.07, 6.45) is -1.82. The standard InChI is InChI=1S/C3H5Cl3O2/c4-3(5,6)1-2(7)8/h2,7-8H,1H2. The molecule has 2 N–H and O–H groups in total. The van der Waals surface area contributed by atoms with Crippen molar-refractivity contribution < 1.29 is 10.2 Å². The van der Waals surface area contributed by atoms with Crippen LogP contribution in [0.15, 0.2) is 0 Å². The Bertz CT molecular complexity index is 67.4. The molecule has 0 saturated heterocycles. The first-order valence-corrected chi connectivity index (χ1v) is 2.98. The minimum Gasteiger partial charge on any atom is -0.368 e. The van der Waals surface area contributed by atoms with Crippen LogP contribution in [0.25, 0.3) is 0 Å². The van der Waals surface area contributed by atoms with Gasteiger partial charge in [-0.1, -0.05) is 34.8 Å². The van der Waals surface area contributed by atoms with Crippen molar-refractivity contribution in [2.24, 2.45) is 0 Å². The molecule has 0 atom stereocenters. The molecule has 0 spiro atoms. The van der Waals surface area contributed by atoms with E-state index in [9.17, 15) is 0 Å². The molecular formula is C3H5Cl3O2. The van der Waals surface area contributed by atoms with Crippen LogP contribution in [-0.4, -0.2) is 20.3 Å². The van der Waals surface area contributed by atoms with Gasteiger partial charge in [-0.15, -0.1) is 0 Å². The third-order valence-corrected chi connectivity index (χ3v) is 0.877. The lowest BCUT2D eigenvalue weighted by atomic mass is 10.5. The van der Waals surface area contributed by atoms with Gasteiger partial charge in [0.1, 0.15) is 0 Å². The predicted octanol–water partition coefficient (Wildman–Crippen LogP) is 1.06. The van der Waals surface area contributed by atoms with E-state index in [2.05, 4.69) is 0 Å². The Hall–Kier alpha value is 0.790.